The highest BCUT2D eigenvalue weighted by molar-refractivity contribution is 6.09. The van der Waals surface area contributed by atoms with Gasteiger partial charge in [0.05, 0.1) is 24.2 Å². The third-order valence-corrected chi connectivity index (χ3v) is 7.56. The fourth-order valence-electron chi connectivity index (χ4n) is 5.28. The van der Waals surface area contributed by atoms with Crippen LogP contribution in [0.5, 0.6) is 5.75 Å². The van der Waals surface area contributed by atoms with Crippen molar-refractivity contribution >= 4 is 22.9 Å². The molecule has 1 saturated heterocycles. The lowest BCUT2D eigenvalue weighted by atomic mass is 9.92. The van der Waals surface area contributed by atoms with Crippen LogP contribution in [0.3, 0.4) is 0 Å². The second-order valence-electron chi connectivity index (χ2n) is 10.0. The molecule has 1 aliphatic carbocycles. The molecule has 2 N–H and O–H groups in total. The van der Waals surface area contributed by atoms with Gasteiger partial charge in [0.1, 0.15) is 22.6 Å². The molecule has 0 unspecified atom stereocenters. The zero-order valence-electron chi connectivity index (χ0n) is 19.1. The molecule has 1 atom stereocenters. The fraction of sp³-hybridized carbons (Fsp3) is 0.480. The summed E-state index contributed by atoms with van der Waals surface area (Å²) in [7, 11) is 0. The molecule has 6 rings (SSSR count). The molecule has 1 amide bonds. The maximum absolute atomic E-state index is 14.7. The number of carbonyl (C=O) groups excluding carboxylic acids is 1. The first-order chi connectivity index (χ1) is 16.4. The number of benzene rings is 1. The van der Waals surface area contributed by atoms with Gasteiger partial charge in [-0.1, -0.05) is 0 Å². The van der Waals surface area contributed by atoms with Crippen LogP contribution in [0.15, 0.2) is 36.8 Å². The third-order valence-electron chi connectivity index (χ3n) is 7.56. The number of piperidine rings is 1. The number of aliphatic hydroxyl groups excluding tert-OH is 1. The van der Waals surface area contributed by atoms with Crippen LogP contribution in [0.4, 0.5) is 15.8 Å². The Morgan fingerprint density at radius 3 is 2.85 bits per heavy atom. The minimum atomic E-state index is -1.56. The molecule has 2 aliphatic heterocycles. The average molecular weight is 466 g/mol. The van der Waals surface area contributed by atoms with E-state index in [9.17, 15) is 14.3 Å². The van der Waals surface area contributed by atoms with E-state index < -0.39 is 12.3 Å². The predicted octanol–water partition coefficient (Wildman–Crippen LogP) is 3.39. The summed E-state index contributed by atoms with van der Waals surface area (Å²) in [4.78, 5) is 19.6. The molecule has 2 fully saturated rings. The summed E-state index contributed by atoms with van der Waals surface area (Å²) in [5.41, 5.74) is 1.62. The van der Waals surface area contributed by atoms with Crippen molar-refractivity contribution in [3.8, 4) is 5.75 Å². The number of fused-ring (bicyclic) bond motifs is 2. The largest absolute Gasteiger partial charge is 0.487 e. The van der Waals surface area contributed by atoms with E-state index in [0.29, 0.717) is 35.9 Å². The first kappa shape index (κ1) is 21.3. The minimum Gasteiger partial charge on any atom is -0.487 e. The summed E-state index contributed by atoms with van der Waals surface area (Å²) < 4.78 is 22.7. The highest BCUT2D eigenvalue weighted by atomic mass is 19.1. The van der Waals surface area contributed by atoms with Gasteiger partial charge in [-0.2, -0.15) is 5.10 Å². The zero-order chi connectivity index (χ0) is 23.5. The van der Waals surface area contributed by atoms with Crippen LogP contribution < -0.4 is 15.0 Å². The van der Waals surface area contributed by atoms with E-state index in [0.717, 1.165) is 23.4 Å². The standard InChI is InChI=1S/C25H28FN5O3/c1-24(17-3-4-17)13-16-11-19(29-23(33)18-14-28-31-8-2-7-27-22(18)31)20(12-21(16)34-24)30-9-5-25(26,15-32)6-10-30/h2,7-8,11-12,14,17,32H,3-6,9-10,13,15H2,1H3,(H,29,33)/t24-/m0/s1. The van der Waals surface area contributed by atoms with E-state index in [1.807, 2.05) is 12.1 Å². The number of nitrogens with zero attached hydrogens (tertiary/aromatic N) is 4. The monoisotopic (exact) mass is 465 g/mol. The fourth-order valence-corrected chi connectivity index (χ4v) is 5.28. The molecule has 0 radical (unpaired) electrons. The highest BCUT2D eigenvalue weighted by Crippen LogP contribution is 2.51. The number of hydrogen-bond acceptors (Lipinski definition) is 6. The summed E-state index contributed by atoms with van der Waals surface area (Å²) in [6, 6.07) is 5.74. The summed E-state index contributed by atoms with van der Waals surface area (Å²) >= 11 is 0. The number of hydrogen-bond donors (Lipinski definition) is 2. The van der Waals surface area contributed by atoms with Gasteiger partial charge in [0.25, 0.3) is 5.91 Å². The number of halogens is 1. The predicted molar refractivity (Wildman–Crippen MR) is 125 cm³/mol. The van der Waals surface area contributed by atoms with Gasteiger partial charge in [-0.15, -0.1) is 0 Å². The summed E-state index contributed by atoms with van der Waals surface area (Å²) in [6.07, 6.45) is 8.49. The molecule has 0 spiro atoms. The Labute approximate surface area is 196 Å². The molecule has 3 aromatic rings. The lowest BCUT2D eigenvalue weighted by Gasteiger charge is -2.37. The van der Waals surface area contributed by atoms with Gasteiger partial charge in [-0.3, -0.25) is 4.79 Å². The summed E-state index contributed by atoms with van der Waals surface area (Å²) in [5.74, 6) is 1.09. The van der Waals surface area contributed by atoms with Crippen molar-refractivity contribution in [1.29, 1.82) is 0 Å². The average Bonchev–Trinajstić information content (AvgIpc) is 3.53. The highest BCUT2D eigenvalue weighted by Gasteiger charge is 2.48. The Balaban J connectivity index is 1.34. The molecule has 4 heterocycles. The molecule has 178 valence electrons. The number of amides is 1. The Bertz CT molecular complexity index is 1260. The van der Waals surface area contributed by atoms with E-state index in [4.69, 9.17) is 4.74 Å². The van der Waals surface area contributed by atoms with E-state index in [2.05, 4.69) is 27.2 Å². The molecule has 1 saturated carbocycles. The van der Waals surface area contributed by atoms with Gasteiger partial charge in [0.2, 0.25) is 0 Å². The number of nitrogens with one attached hydrogen (secondary N) is 1. The smallest absolute Gasteiger partial charge is 0.261 e. The number of ether oxygens (including phenoxy) is 1. The second-order valence-corrected chi connectivity index (χ2v) is 10.0. The number of anilines is 2. The topological polar surface area (TPSA) is 92.0 Å². The maximum Gasteiger partial charge on any atom is 0.261 e. The summed E-state index contributed by atoms with van der Waals surface area (Å²) in [5, 5.41) is 16.7. The third kappa shape index (κ3) is 3.58. The normalized spacial score (nSPS) is 23.6. The van der Waals surface area contributed by atoms with Crippen LogP contribution in [-0.4, -0.2) is 56.6 Å². The number of alkyl halides is 1. The first-order valence-corrected chi connectivity index (χ1v) is 11.9. The molecule has 9 heteroatoms. The van der Waals surface area contributed by atoms with E-state index in [1.165, 1.54) is 19.0 Å². The molecule has 0 bridgehead atoms. The van der Waals surface area contributed by atoms with Crippen molar-refractivity contribution in [2.24, 2.45) is 5.92 Å². The lowest BCUT2D eigenvalue weighted by Crippen LogP contribution is -2.44. The Kier molecular flexibility index (Phi) is 4.81. The molecule has 34 heavy (non-hydrogen) atoms. The molecule has 2 aromatic heterocycles. The van der Waals surface area contributed by atoms with Gasteiger partial charge in [-0.05, 0) is 37.8 Å². The van der Waals surface area contributed by atoms with Gasteiger partial charge in [-0.25, -0.2) is 13.9 Å². The quantitative estimate of drug-likeness (QED) is 0.600. The van der Waals surface area contributed by atoms with Crippen molar-refractivity contribution in [2.45, 2.75) is 50.3 Å². The van der Waals surface area contributed by atoms with Crippen LogP contribution in [0.2, 0.25) is 0 Å². The molecular formula is C25H28FN5O3. The van der Waals surface area contributed by atoms with Gasteiger partial charge >= 0.3 is 0 Å². The number of aromatic nitrogens is 3. The Hall–Kier alpha value is -3.20. The van der Waals surface area contributed by atoms with Crippen LogP contribution in [0.1, 0.15) is 48.5 Å². The second kappa shape index (κ2) is 7.66. The summed E-state index contributed by atoms with van der Waals surface area (Å²) in [6.45, 7) is 2.57. The Morgan fingerprint density at radius 2 is 2.12 bits per heavy atom. The maximum atomic E-state index is 14.7. The van der Waals surface area contributed by atoms with Crippen molar-refractivity contribution in [3.63, 3.8) is 0 Å². The van der Waals surface area contributed by atoms with Crippen molar-refractivity contribution < 1.29 is 19.0 Å². The minimum absolute atomic E-state index is 0.221. The van der Waals surface area contributed by atoms with E-state index >= 15 is 0 Å². The molecule has 1 aromatic carbocycles. The molecule has 3 aliphatic rings. The lowest BCUT2D eigenvalue weighted by molar-refractivity contribution is 0.0481. The molecule has 8 nitrogen and oxygen atoms in total. The Morgan fingerprint density at radius 1 is 1.32 bits per heavy atom. The van der Waals surface area contributed by atoms with Gasteiger partial charge < -0.3 is 20.1 Å². The number of carbonyl (C=O) groups is 1. The van der Waals surface area contributed by atoms with Gasteiger partial charge in [0.15, 0.2) is 5.65 Å². The van der Waals surface area contributed by atoms with Crippen LogP contribution in [0, 0.1) is 5.92 Å². The number of rotatable bonds is 5. The van der Waals surface area contributed by atoms with Crippen molar-refractivity contribution in [3.05, 3.63) is 47.9 Å². The van der Waals surface area contributed by atoms with Crippen LogP contribution in [-0.2, 0) is 6.42 Å². The SMILES string of the molecule is C[C@@]1(C2CC2)Cc2cc(NC(=O)c3cnn4cccnc34)c(N3CCC(F)(CO)CC3)cc2O1. The van der Waals surface area contributed by atoms with Crippen LogP contribution in [0.25, 0.3) is 5.65 Å². The van der Waals surface area contributed by atoms with Gasteiger partial charge in [0, 0.05) is 56.4 Å². The first-order valence-electron chi connectivity index (χ1n) is 11.9. The van der Waals surface area contributed by atoms with Crippen molar-refractivity contribution in [1.82, 2.24) is 14.6 Å². The van der Waals surface area contributed by atoms with E-state index in [-0.39, 0.29) is 24.3 Å². The van der Waals surface area contributed by atoms with E-state index in [1.54, 1.807) is 23.0 Å². The zero-order valence-corrected chi connectivity index (χ0v) is 19.1. The number of aliphatic hydroxyl groups is 1. The van der Waals surface area contributed by atoms with Crippen molar-refractivity contribution in [2.75, 3.05) is 29.9 Å². The van der Waals surface area contributed by atoms with Crippen LogP contribution >= 0.6 is 0 Å². The molecular weight excluding hydrogens is 437 g/mol.